The molecule has 0 aromatic rings. The predicted octanol–water partition coefficient (Wildman–Crippen LogP) is -0.941. The largest absolute Gasteiger partial charge is 0.393 e. The van der Waals surface area contributed by atoms with E-state index >= 15 is 0 Å². The maximum atomic E-state index is 11.0. The van der Waals surface area contributed by atoms with Crippen LogP contribution in [-0.4, -0.2) is 38.4 Å². The van der Waals surface area contributed by atoms with Crippen molar-refractivity contribution in [3.05, 3.63) is 0 Å². The lowest BCUT2D eigenvalue weighted by molar-refractivity contribution is 0.471. The molecule has 3 N–H and O–H groups in total. The third-order valence-electron chi connectivity index (χ3n) is 1.34. The van der Waals surface area contributed by atoms with Crippen LogP contribution in [0.2, 0.25) is 0 Å². The second-order valence-electron chi connectivity index (χ2n) is 2.25. The molecule has 0 saturated heterocycles. The Bertz CT molecular complexity index is 249. The molecule has 0 aliphatic heterocycles. The molecule has 0 rings (SSSR count). The number of rotatable bonds is 5. The van der Waals surface area contributed by atoms with Crippen molar-refractivity contribution in [1.82, 2.24) is 9.03 Å². The van der Waals surface area contributed by atoms with E-state index in [1.807, 2.05) is 0 Å². The van der Waals surface area contributed by atoms with Gasteiger partial charge in [0.25, 0.3) is 10.2 Å². The van der Waals surface area contributed by atoms with Gasteiger partial charge in [0.2, 0.25) is 0 Å². The van der Waals surface area contributed by atoms with Gasteiger partial charge in [0.1, 0.15) is 0 Å². The second-order valence-corrected chi connectivity index (χ2v) is 4.75. The minimum absolute atomic E-state index is 0.304. The van der Waals surface area contributed by atoms with Crippen molar-refractivity contribution in [3.63, 3.8) is 0 Å². The number of hydrogen-bond acceptors (Lipinski definition) is 3. The van der Waals surface area contributed by atoms with E-state index < -0.39 is 10.2 Å². The summed E-state index contributed by atoms with van der Waals surface area (Å²) in [5, 5.41) is 0. The Kier molecular flexibility index (Phi) is 4.61. The number of hydrogen-bond donors (Lipinski definition) is 2. The number of nitrogens with one attached hydrogen (secondary N) is 1. The van der Waals surface area contributed by atoms with Crippen molar-refractivity contribution in [2.75, 3.05) is 20.6 Å². The first-order valence-electron chi connectivity index (χ1n) is 3.33. The smallest absolute Gasteiger partial charge is 0.278 e. The van der Waals surface area contributed by atoms with Crippen LogP contribution in [-0.2, 0) is 10.2 Å². The van der Waals surface area contributed by atoms with Crippen LogP contribution in [0.3, 0.4) is 0 Å². The molecule has 7 heteroatoms. The highest BCUT2D eigenvalue weighted by Gasteiger charge is 2.13. The Hall–Kier alpha value is -0.240. The van der Waals surface area contributed by atoms with Crippen molar-refractivity contribution >= 4 is 27.4 Å². The SMILES string of the molecule is CNS(=O)(=O)N(C)CCC(N)=S. The van der Waals surface area contributed by atoms with Gasteiger partial charge in [-0.15, -0.1) is 0 Å². The Labute approximate surface area is 78.1 Å². The standard InChI is InChI=1S/C5H13N3O2S2/c1-7-12(9,10)8(2)4-3-5(6)11/h7H,3-4H2,1-2H3,(H2,6,11). The van der Waals surface area contributed by atoms with Gasteiger partial charge in [0.05, 0.1) is 4.99 Å². The number of thiocarbonyl (C=S) groups is 1. The Balaban J connectivity index is 4.05. The Morgan fingerprint density at radius 3 is 2.50 bits per heavy atom. The van der Waals surface area contributed by atoms with Gasteiger partial charge in [-0.2, -0.15) is 12.7 Å². The zero-order chi connectivity index (χ0) is 9.78. The third kappa shape index (κ3) is 3.96. The minimum Gasteiger partial charge on any atom is -0.393 e. The molecule has 0 aliphatic rings. The predicted molar refractivity (Wildman–Crippen MR) is 52.0 cm³/mol. The fraction of sp³-hybridized carbons (Fsp3) is 0.800. The fourth-order valence-corrected chi connectivity index (χ4v) is 1.28. The maximum Gasteiger partial charge on any atom is 0.278 e. The first-order chi connectivity index (χ1) is 5.40. The summed E-state index contributed by atoms with van der Waals surface area (Å²) in [5.74, 6) is 0. The molecule has 0 unspecified atom stereocenters. The zero-order valence-electron chi connectivity index (χ0n) is 7.07. The van der Waals surface area contributed by atoms with Crippen molar-refractivity contribution in [1.29, 1.82) is 0 Å². The van der Waals surface area contributed by atoms with Crippen LogP contribution in [0.25, 0.3) is 0 Å². The highest BCUT2D eigenvalue weighted by atomic mass is 32.2. The molecule has 5 nitrogen and oxygen atoms in total. The highest BCUT2D eigenvalue weighted by molar-refractivity contribution is 7.87. The van der Waals surface area contributed by atoms with Crippen LogP contribution in [0.1, 0.15) is 6.42 Å². The first kappa shape index (κ1) is 11.8. The molecule has 0 saturated carbocycles. The minimum atomic E-state index is -3.33. The van der Waals surface area contributed by atoms with Gasteiger partial charge >= 0.3 is 0 Å². The molecule has 0 heterocycles. The summed E-state index contributed by atoms with van der Waals surface area (Å²) in [5.41, 5.74) is 5.22. The van der Waals surface area contributed by atoms with Gasteiger partial charge in [-0.25, -0.2) is 4.72 Å². The van der Waals surface area contributed by atoms with E-state index in [9.17, 15) is 8.42 Å². The van der Waals surface area contributed by atoms with E-state index in [1.54, 1.807) is 0 Å². The lowest BCUT2D eigenvalue weighted by Gasteiger charge is -2.14. The average molecular weight is 211 g/mol. The van der Waals surface area contributed by atoms with Crippen LogP contribution in [0.4, 0.5) is 0 Å². The molecule has 0 radical (unpaired) electrons. The summed E-state index contributed by atoms with van der Waals surface area (Å²) in [6.07, 6.45) is 0.396. The maximum absolute atomic E-state index is 11.0. The van der Waals surface area contributed by atoms with Gasteiger partial charge in [-0.3, -0.25) is 0 Å². The van der Waals surface area contributed by atoms with E-state index in [4.69, 9.17) is 5.73 Å². The van der Waals surface area contributed by atoms with Gasteiger partial charge < -0.3 is 5.73 Å². The van der Waals surface area contributed by atoms with Gasteiger partial charge in [0, 0.05) is 27.1 Å². The van der Waals surface area contributed by atoms with Crippen LogP contribution < -0.4 is 10.5 Å². The molecule has 0 atom stereocenters. The lowest BCUT2D eigenvalue weighted by Crippen LogP contribution is -2.37. The first-order valence-corrected chi connectivity index (χ1v) is 5.18. The molecular formula is C5H13N3O2S2. The van der Waals surface area contributed by atoms with Gasteiger partial charge in [-0.1, -0.05) is 12.2 Å². The molecule has 0 fully saturated rings. The highest BCUT2D eigenvalue weighted by Crippen LogP contribution is 1.94. The Morgan fingerprint density at radius 1 is 1.67 bits per heavy atom. The summed E-state index contributed by atoms with van der Waals surface area (Å²) in [6.45, 7) is 0.304. The van der Waals surface area contributed by atoms with E-state index in [1.165, 1.54) is 14.1 Å². The van der Waals surface area contributed by atoms with Crippen molar-refractivity contribution in [2.45, 2.75) is 6.42 Å². The summed E-state index contributed by atoms with van der Waals surface area (Å²) in [6, 6.07) is 0. The molecule has 0 bridgehead atoms. The van der Waals surface area contributed by atoms with Crippen molar-refractivity contribution in [3.8, 4) is 0 Å². The quantitative estimate of drug-likeness (QED) is 0.575. The molecule has 0 aromatic heterocycles. The lowest BCUT2D eigenvalue weighted by atomic mass is 10.4. The van der Waals surface area contributed by atoms with Crippen LogP contribution in [0.5, 0.6) is 0 Å². The topological polar surface area (TPSA) is 75.4 Å². The summed E-state index contributed by atoms with van der Waals surface area (Å²) in [7, 11) is -0.510. The molecule has 0 aliphatic carbocycles. The molecule has 0 spiro atoms. The van der Waals surface area contributed by atoms with Crippen LogP contribution in [0.15, 0.2) is 0 Å². The van der Waals surface area contributed by atoms with Crippen LogP contribution >= 0.6 is 12.2 Å². The second kappa shape index (κ2) is 4.70. The number of nitrogens with two attached hydrogens (primary N) is 1. The summed E-state index contributed by atoms with van der Waals surface area (Å²) < 4.78 is 25.4. The van der Waals surface area contributed by atoms with E-state index in [0.29, 0.717) is 18.0 Å². The van der Waals surface area contributed by atoms with E-state index in [-0.39, 0.29) is 0 Å². The zero-order valence-corrected chi connectivity index (χ0v) is 8.70. The van der Waals surface area contributed by atoms with Gasteiger partial charge in [-0.05, 0) is 0 Å². The molecule has 72 valence electrons. The normalized spacial score (nSPS) is 11.9. The Morgan fingerprint density at radius 2 is 2.17 bits per heavy atom. The van der Waals surface area contributed by atoms with Crippen molar-refractivity contribution in [2.24, 2.45) is 5.73 Å². The summed E-state index contributed by atoms with van der Waals surface area (Å²) in [4.78, 5) is 0.313. The van der Waals surface area contributed by atoms with E-state index in [0.717, 1.165) is 4.31 Å². The molecule has 0 aromatic carbocycles. The van der Waals surface area contributed by atoms with Gasteiger partial charge in [0.15, 0.2) is 0 Å². The van der Waals surface area contributed by atoms with Crippen LogP contribution in [0, 0.1) is 0 Å². The summed E-state index contributed by atoms with van der Waals surface area (Å²) >= 11 is 4.61. The van der Waals surface area contributed by atoms with Crippen molar-refractivity contribution < 1.29 is 8.42 Å². The van der Waals surface area contributed by atoms with E-state index in [2.05, 4.69) is 16.9 Å². The molecular weight excluding hydrogens is 198 g/mol. The molecule has 12 heavy (non-hydrogen) atoms. The number of nitrogens with zero attached hydrogens (tertiary/aromatic N) is 1. The average Bonchev–Trinajstić information content (AvgIpc) is 2.00. The third-order valence-corrected chi connectivity index (χ3v) is 3.06. The molecule has 0 amide bonds. The monoisotopic (exact) mass is 211 g/mol. The fourth-order valence-electron chi connectivity index (χ4n) is 0.544.